The Kier molecular flexibility index (Phi) is 6.62. The minimum Gasteiger partial charge on any atom is -0.462 e. The normalized spacial score (nSPS) is 14.9. The molecule has 0 N–H and O–H groups in total. The molecule has 1 fully saturated rings. The van der Waals surface area contributed by atoms with Crippen molar-refractivity contribution in [3.8, 4) is 11.3 Å². The predicted octanol–water partition coefficient (Wildman–Crippen LogP) is 6.12. The topological polar surface area (TPSA) is 76.8 Å². The fourth-order valence-corrected chi connectivity index (χ4v) is 4.42. The molecule has 1 saturated heterocycles. The van der Waals surface area contributed by atoms with Crippen molar-refractivity contribution in [3.05, 3.63) is 86.9 Å². The molecule has 1 aromatic heterocycles. The number of hydrogen-bond donors (Lipinski definition) is 0. The third-order valence-corrected chi connectivity index (χ3v) is 6.08. The number of halogens is 1. The number of imide groups is 1. The monoisotopic (exact) mass is 511 g/mol. The van der Waals surface area contributed by atoms with Crippen LogP contribution in [0.2, 0.25) is 0 Å². The van der Waals surface area contributed by atoms with Gasteiger partial charge >= 0.3 is 5.97 Å². The van der Waals surface area contributed by atoms with E-state index in [4.69, 9.17) is 9.15 Å². The van der Waals surface area contributed by atoms with Crippen LogP contribution in [0.1, 0.15) is 28.6 Å². The molecule has 1 aliphatic rings. The van der Waals surface area contributed by atoms with Crippen molar-refractivity contribution in [1.82, 2.24) is 4.90 Å². The van der Waals surface area contributed by atoms with Gasteiger partial charge in [0.05, 0.1) is 23.6 Å². The van der Waals surface area contributed by atoms with Gasteiger partial charge in [-0.1, -0.05) is 40.2 Å². The number of amides is 2. The first-order chi connectivity index (χ1) is 15.4. The summed E-state index contributed by atoms with van der Waals surface area (Å²) in [6.45, 7) is 2.28. The third kappa shape index (κ3) is 4.87. The summed E-state index contributed by atoms with van der Waals surface area (Å²) in [6.07, 6.45) is 1.57. The van der Waals surface area contributed by atoms with E-state index in [1.807, 2.05) is 24.3 Å². The van der Waals surface area contributed by atoms with Gasteiger partial charge in [-0.25, -0.2) is 4.79 Å². The van der Waals surface area contributed by atoms with Gasteiger partial charge in [-0.15, -0.1) is 0 Å². The Balaban J connectivity index is 1.48. The number of ether oxygens (including phenoxy) is 1. The van der Waals surface area contributed by atoms with Crippen LogP contribution >= 0.6 is 27.7 Å². The number of hydrogen-bond acceptors (Lipinski definition) is 6. The number of furan rings is 1. The Bertz CT molecular complexity index is 1220. The van der Waals surface area contributed by atoms with E-state index < -0.39 is 0 Å². The highest BCUT2D eigenvalue weighted by Crippen LogP contribution is 2.34. The lowest BCUT2D eigenvalue weighted by Gasteiger charge is -2.12. The lowest BCUT2D eigenvalue weighted by Crippen LogP contribution is -2.27. The smallest absolute Gasteiger partial charge is 0.338 e. The Labute approximate surface area is 197 Å². The van der Waals surface area contributed by atoms with Gasteiger partial charge in [-0.2, -0.15) is 0 Å². The molecule has 2 heterocycles. The zero-order valence-electron chi connectivity index (χ0n) is 17.0. The summed E-state index contributed by atoms with van der Waals surface area (Å²) in [6, 6.07) is 17.9. The van der Waals surface area contributed by atoms with Crippen LogP contribution in [-0.4, -0.2) is 28.6 Å². The van der Waals surface area contributed by atoms with Crippen LogP contribution in [0.15, 0.2) is 74.5 Å². The van der Waals surface area contributed by atoms with Crippen molar-refractivity contribution < 1.29 is 23.5 Å². The quantitative estimate of drug-likeness (QED) is 0.293. The van der Waals surface area contributed by atoms with E-state index in [1.165, 1.54) is 4.90 Å². The number of esters is 1. The van der Waals surface area contributed by atoms with E-state index in [0.29, 0.717) is 28.6 Å². The van der Waals surface area contributed by atoms with E-state index in [1.54, 1.807) is 49.4 Å². The molecule has 2 aromatic carbocycles. The molecule has 0 radical (unpaired) electrons. The molecule has 0 spiro atoms. The fraction of sp³-hybridized carbons (Fsp3) is 0.125. The van der Waals surface area contributed by atoms with Crippen LogP contribution in [0, 0.1) is 0 Å². The first kappa shape index (κ1) is 22.1. The number of rotatable bonds is 6. The molecular weight excluding hydrogens is 494 g/mol. The van der Waals surface area contributed by atoms with Gasteiger partial charge < -0.3 is 9.15 Å². The van der Waals surface area contributed by atoms with Crippen molar-refractivity contribution in [1.29, 1.82) is 0 Å². The molecule has 0 atom stereocenters. The molecule has 6 nitrogen and oxygen atoms in total. The zero-order chi connectivity index (χ0) is 22.7. The van der Waals surface area contributed by atoms with Crippen LogP contribution in [0.3, 0.4) is 0 Å². The second-order valence-corrected chi connectivity index (χ2v) is 8.81. The number of nitrogens with zero attached hydrogens (tertiary/aromatic N) is 1. The van der Waals surface area contributed by atoms with Crippen molar-refractivity contribution in [2.75, 3.05) is 6.61 Å². The molecule has 162 valence electrons. The highest BCUT2D eigenvalue weighted by atomic mass is 79.9. The second-order valence-electron chi connectivity index (χ2n) is 6.90. The highest BCUT2D eigenvalue weighted by molar-refractivity contribution is 9.10. The van der Waals surface area contributed by atoms with E-state index >= 15 is 0 Å². The summed E-state index contributed by atoms with van der Waals surface area (Å²) >= 11 is 4.29. The highest BCUT2D eigenvalue weighted by Gasteiger charge is 2.35. The van der Waals surface area contributed by atoms with Crippen molar-refractivity contribution >= 4 is 50.9 Å². The van der Waals surface area contributed by atoms with Gasteiger partial charge in [-0.05, 0) is 60.6 Å². The molecule has 0 unspecified atom stereocenters. The maximum atomic E-state index is 12.8. The van der Waals surface area contributed by atoms with Gasteiger partial charge in [-0.3, -0.25) is 14.5 Å². The number of thioether (sulfide) groups is 1. The average molecular weight is 512 g/mol. The van der Waals surface area contributed by atoms with E-state index in [0.717, 1.165) is 27.4 Å². The summed E-state index contributed by atoms with van der Waals surface area (Å²) in [5.74, 6) is 0.317. The maximum Gasteiger partial charge on any atom is 0.338 e. The molecule has 0 bridgehead atoms. The predicted molar refractivity (Wildman–Crippen MR) is 126 cm³/mol. The Morgan fingerprint density at radius 3 is 2.62 bits per heavy atom. The largest absolute Gasteiger partial charge is 0.462 e. The molecule has 0 aliphatic carbocycles. The summed E-state index contributed by atoms with van der Waals surface area (Å²) in [5.41, 5.74) is 2.09. The van der Waals surface area contributed by atoms with Gasteiger partial charge in [0.25, 0.3) is 11.1 Å². The Morgan fingerprint density at radius 1 is 1.12 bits per heavy atom. The molecule has 4 rings (SSSR count). The van der Waals surface area contributed by atoms with Crippen LogP contribution in [0.4, 0.5) is 4.79 Å². The Hall–Kier alpha value is -3.10. The van der Waals surface area contributed by atoms with Gasteiger partial charge in [0.1, 0.15) is 11.5 Å². The van der Waals surface area contributed by atoms with Gasteiger partial charge in [0, 0.05) is 16.1 Å². The van der Waals surface area contributed by atoms with Gasteiger partial charge in [0.2, 0.25) is 0 Å². The van der Waals surface area contributed by atoms with E-state index in [2.05, 4.69) is 15.9 Å². The van der Waals surface area contributed by atoms with Crippen LogP contribution in [-0.2, 0) is 16.1 Å². The molecular formula is C24H18BrNO5S. The third-order valence-electron chi connectivity index (χ3n) is 4.68. The lowest BCUT2D eigenvalue weighted by atomic mass is 10.1. The maximum absolute atomic E-state index is 12.8. The van der Waals surface area contributed by atoms with Crippen molar-refractivity contribution in [2.24, 2.45) is 0 Å². The number of carbonyl (C=O) groups excluding carboxylic acids is 3. The molecule has 0 saturated carbocycles. The molecule has 32 heavy (non-hydrogen) atoms. The first-order valence-electron chi connectivity index (χ1n) is 9.82. The SMILES string of the molecule is CCOC(=O)c1ccc(-c2ccc(/C=C3/SC(=O)N(Cc4cccc(Br)c4)C3=O)o2)cc1. The zero-order valence-corrected chi connectivity index (χ0v) is 19.4. The molecule has 2 amide bonds. The van der Waals surface area contributed by atoms with Crippen molar-refractivity contribution in [2.45, 2.75) is 13.5 Å². The average Bonchev–Trinajstić information content (AvgIpc) is 3.34. The van der Waals surface area contributed by atoms with Gasteiger partial charge in [0.15, 0.2) is 0 Å². The van der Waals surface area contributed by atoms with E-state index in [-0.39, 0.29) is 23.7 Å². The Morgan fingerprint density at radius 2 is 1.91 bits per heavy atom. The fourth-order valence-electron chi connectivity index (χ4n) is 3.15. The molecule has 1 aliphatic heterocycles. The van der Waals surface area contributed by atoms with E-state index in [9.17, 15) is 14.4 Å². The standard InChI is InChI=1S/C24H18BrNO5S/c1-2-30-23(28)17-8-6-16(7-9-17)20-11-10-19(31-20)13-21-22(27)26(24(29)32-21)14-15-4-3-5-18(25)12-15/h3-13H,2,14H2,1H3/b21-13+. The summed E-state index contributed by atoms with van der Waals surface area (Å²) in [4.78, 5) is 38.5. The number of benzene rings is 2. The minimum absolute atomic E-state index is 0.206. The van der Waals surface area contributed by atoms with Crippen molar-refractivity contribution in [3.63, 3.8) is 0 Å². The lowest BCUT2D eigenvalue weighted by molar-refractivity contribution is -0.123. The minimum atomic E-state index is -0.377. The van der Waals surface area contributed by atoms with Crippen LogP contribution in [0.25, 0.3) is 17.4 Å². The first-order valence-corrected chi connectivity index (χ1v) is 11.4. The second kappa shape index (κ2) is 9.58. The molecule has 8 heteroatoms. The molecule has 3 aromatic rings. The summed E-state index contributed by atoms with van der Waals surface area (Å²) < 4.78 is 11.7. The number of carbonyl (C=O) groups is 3. The van der Waals surface area contributed by atoms with Crippen LogP contribution < -0.4 is 0 Å². The summed E-state index contributed by atoms with van der Waals surface area (Å²) in [5, 5.41) is -0.317. The summed E-state index contributed by atoms with van der Waals surface area (Å²) in [7, 11) is 0. The van der Waals surface area contributed by atoms with Crippen LogP contribution in [0.5, 0.6) is 0 Å².